The number of Topliss-reactive ketones (excluding diaryl/α,β-unsaturated/α-hetero) is 1. The van der Waals surface area contributed by atoms with Crippen molar-refractivity contribution < 1.29 is 4.79 Å². The summed E-state index contributed by atoms with van der Waals surface area (Å²) in [6.45, 7) is 0. The van der Waals surface area contributed by atoms with E-state index in [0.29, 0.717) is 5.56 Å². The maximum atomic E-state index is 12.6. The molecule has 2 heterocycles. The average molecular weight is 239 g/mol. The number of carbonyl (C=O) groups is 1. The fraction of sp³-hybridized carbons (Fsp3) is 0.0833. The quantitative estimate of drug-likeness (QED) is 0.758. The fourth-order valence-electron chi connectivity index (χ4n) is 1.94. The van der Waals surface area contributed by atoms with E-state index in [1.54, 1.807) is 24.3 Å². The summed E-state index contributed by atoms with van der Waals surface area (Å²) >= 11 is 0. The molecule has 0 aliphatic carbocycles. The first-order valence-corrected chi connectivity index (χ1v) is 5.33. The van der Waals surface area contributed by atoms with Crippen molar-refractivity contribution in [2.75, 3.05) is 0 Å². The lowest BCUT2D eigenvalue weighted by Gasteiger charge is -2.25. The molecule has 0 spiro atoms. The second kappa shape index (κ2) is 3.69. The number of nitrogens with zero attached hydrogens (tertiary/aromatic N) is 4. The van der Waals surface area contributed by atoms with Gasteiger partial charge in [-0.05, 0) is 0 Å². The highest BCUT2D eigenvalue weighted by Gasteiger charge is 2.50. The Hall–Kier alpha value is -2.63. The number of hydrogen-bond donors (Lipinski definition) is 1. The molecule has 1 unspecified atom stereocenters. The van der Waals surface area contributed by atoms with Crippen LogP contribution in [0.15, 0.2) is 50.3 Å². The van der Waals surface area contributed by atoms with Crippen molar-refractivity contribution in [2.24, 2.45) is 25.7 Å². The molecule has 0 saturated heterocycles. The topological polar surface area (TPSA) is 92.5 Å². The molecule has 6 heteroatoms. The van der Waals surface area contributed by atoms with Gasteiger partial charge in [-0.15, -0.1) is 0 Å². The summed E-state index contributed by atoms with van der Waals surface area (Å²) < 4.78 is 0. The van der Waals surface area contributed by atoms with Crippen molar-refractivity contribution in [2.45, 2.75) is 5.54 Å². The van der Waals surface area contributed by atoms with Gasteiger partial charge in [0.05, 0.1) is 0 Å². The van der Waals surface area contributed by atoms with Crippen LogP contribution in [0.5, 0.6) is 0 Å². The van der Waals surface area contributed by atoms with Crippen LogP contribution in [0.25, 0.3) is 0 Å². The summed E-state index contributed by atoms with van der Waals surface area (Å²) in [5.74, 6) is 0.0939. The van der Waals surface area contributed by atoms with Gasteiger partial charge in [0.15, 0.2) is 5.84 Å². The van der Waals surface area contributed by atoms with E-state index < -0.39 is 5.54 Å². The normalized spacial score (nSPS) is 24.4. The highest BCUT2D eigenvalue weighted by Crippen LogP contribution is 2.26. The van der Waals surface area contributed by atoms with E-state index in [4.69, 9.17) is 5.73 Å². The Balaban J connectivity index is 2.13. The number of rotatable bonds is 2. The molecule has 2 aliphatic rings. The van der Waals surface area contributed by atoms with Gasteiger partial charge in [-0.25, -0.2) is 20.0 Å². The third kappa shape index (κ3) is 1.26. The van der Waals surface area contributed by atoms with Gasteiger partial charge in [-0.1, -0.05) is 30.3 Å². The first-order valence-electron chi connectivity index (χ1n) is 5.33. The number of carbonyl (C=O) groups excluding carboxylic acids is 1. The van der Waals surface area contributed by atoms with Crippen LogP contribution in [0.3, 0.4) is 0 Å². The molecule has 1 aromatic rings. The lowest BCUT2D eigenvalue weighted by Crippen LogP contribution is -2.55. The Labute approximate surface area is 103 Å². The number of hydrogen-bond acceptors (Lipinski definition) is 6. The molecule has 2 aliphatic heterocycles. The van der Waals surface area contributed by atoms with Crippen molar-refractivity contribution >= 4 is 30.1 Å². The minimum absolute atomic E-state index is 0.0962. The monoisotopic (exact) mass is 239 g/mol. The van der Waals surface area contributed by atoms with Gasteiger partial charge < -0.3 is 5.73 Å². The molecule has 1 atom stereocenters. The molecule has 0 radical (unpaired) electrons. The summed E-state index contributed by atoms with van der Waals surface area (Å²) in [5.41, 5.74) is 4.96. The predicted octanol–water partition coefficient (Wildman–Crippen LogP) is 0.448. The fourth-order valence-corrected chi connectivity index (χ4v) is 1.94. The lowest BCUT2D eigenvalue weighted by molar-refractivity contribution is 0.0964. The summed E-state index contributed by atoms with van der Waals surface area (Å²) in [6.07, 6.45) is 2.57. The third-order valence-corrected chi connectivity index (χ3v) is 2.87. The number of nitrogens with two attached hydrogens (primary N) is 1. The molecule has 0 saturated carbocycles. The van der Waals surface area contributed by atoms with E-state index in [9.17, 15) is 4.79 Å². The van der Waals surface area contributed by atoms with Crippen LogP contribution in [-0.2, 0) is 0 Å². The van der Waals surface area contributed by atoms with E-state index in [-0.39, 0.29) is 17.5 Å². The zero-order chi connectivity index (χ0) is 12.6. The molecule has 2 N–H and O–H groups in total. The van der Waals surface area contributed by atoms with Crippen molar-refractivity contribution in [3.05, 3.63) is 35.9 Å². The van der Waals surface area contributed by atoms with Crippen molar-refractivity contribution in [3.63, 3.8) is 0 Å². The van der Waals surface area contributed by atoms with E-state index in [2.05, 4.69) is 20.0 Å². The maximum Gasteiger partial charge on any atom is 0.240 e. The minimum Gasteiger partial charge on any atom is -0.384 e. The SMILES string of the molecule is NC1=NC=NC2=NC=NC12C(=O)c1ccccc1. The van der Waals surface area contributed by atoms with Crippen molar-refractivity contribution in [1.82, 2.24) is 0 Å². The van der Waals surface area contributed by atoms with Crippen LogP contribution >= 0.6 is 0 Å². The standard InChI is InChI=1S/C12H9N5O/c13-10-12(9(18)8-4-2-1-3-5-8)11(15-6-14-10)16-7-17-12/h1-7H,(H2,13,14,15,16,17). The molecular weight excluding hydrogens is 230 g/mol. The second-order valence-electron chi connectivity index (χ2n) is 3.86. The molecule has 18 heavy (non-hydrogen) atoms. The van der Waals surface area contributed by atoms with E-state index >= 15 is 0 Å². The Kier molecular flexibility index (Phi) is 2.16. The summed E-state index contributed by atoms with van der Waals surface area (Å²) in [4.78, 5) is 28.5. The van der Waals surface area contributed by atoms with E-state index in [1.807, 2.05) is 6.07 Å². The largest absolute Gasteiger partial charge is 0.384 e. The summed E-state index contributed by atoms with van der Waals surface area (Å²) in [6, 6.07) is 8.79. The van der Waals surface area contributed by atoms with Gasteiger partial charge in [0.2, 0.25) is 11.3 Å². The molecule has 6 nitrogen and oxygen atoms in total. The van der Waals surface area contributed by atoms with Crippen LogP contribution in [0.2, 0.25) is 0 Å². The van der Waals surface area contributed by atoms with Crippen LogP contribution in [0.1, 0.15) is 10.4 Å². The zero-order valence-electron chi connectivity index (χ0n) is 9.32. The van der Waals surface area contributed by atoms with Crippen molar-refractivity contribution in [1.29, 1.82) is 0 Å². The van der Waals surface area contributed by atoms with E-state index in [1.165, 1.54) is 12.7 Å². The Morgan fingerprint density at radius 1 is 1.11 bits per heavy atom. The van der Waals surface area contributed by atoms with Gasteiger partial charge in [0.1, 0.15) is 18.5 Å². The van der Waals surface area contributed by atoms with Crippen LogP contribution in [0.4, 0.5) is 0 Å². The van der Waals surface area contributed by atoms with Gasteiger partial charge >= 0.3 is 0 Å². The van der Waals surface area contributed by atoms with Gasteiger partial charge in [-0.2, -0.15) is 0 Å². The first-order chi connectivity index (χ1) is 8.75. The summed E-state index contributed by atoms with van der Waals surface area (Å²) in [7, 11) is 0. The number of aliphatic imine (C=N–C) groups is 4. The van der Waals surface area contributed by atoms with Gasteiger partial charge in [0.25, 0.3) is 0 Å². The van der Waals surface area contributed by atoms with Gasteiger partial charge in [-0.3, -0.25) is 4.79 Å². The third-order valence-electron chi connectivity index (χ3n) is 2.87. The van der Waals surface area contributed by atoms with Gasteiger partial charge in [0, 0.05) is 5.56 Å². The van der Waals surface area contributed by atoms with Crippen LogP contribution in [0, 0.1) is 0 Å². The second-order valence-corrected chi connectivity index (χ2v) is 3.86. The summed E-state index contributed by atoms with van der Waals surface area (Å²) in [5, 5.41) is 0. The maximum absolute atomic E-state index is 12.6. The zero-order valence-corrected chi connectivity index (χ0v) is 9.32. The number of amidine groups is 2. The average Bonchev–Trinajstić information content (AvgIpc) is 2.85. The molecule has 0 aromatic heterocycles. The number of benzene rings is 1. The molecule has 0 fully saturated rings. The van der Waals surface area contributed by atoms with Crippen molar-refractivity contribution in [3.8, 4) is 0 Å². The first kappa shape index (κ1) is 10.5. The molecule has 3 rings (SSSR count). The molecular formula is C12H9N5O. The Morgan fingerprint density at radius 2 is 1.89 bits per heavy atom. The van der Waals surface area contributed by atoms with E-state index in [0.717, 1.165) is 0 Å². The lowest BCUT2D eigenvalue weighted by atomic mass is 9.87. The number of ketones is 1. The molecule has 88 valence electrons. The molecule has 1 aromatic carbocycles. The highest BCUT2D eigenvalue weighted by atomic mass is 16.1. The smallest absolute Gasteiger partial charge is 0.240 e. The molecule has 0 bridgehead atoms. The van der Waals surface area contributed by atoms with Crippen LogP contribution in [-0.4, -0.2) is 35.7 Å². The Morgan fingerprint density at radius 3 is 2.67 bits per heavy atom. The Bertz CT molecular complexity index is 629. The highest BCUT2D eigenvalue weighted by molar-refractivity contribution is 6.39. The van der Waals surface area contributed by atoms with Crippen LogP contribution < -0.4 is 5.73 Å². The predicted molar refractivity (Wildman–Crippen MR) is 69.5 cm³/mol. The number of fused-ring (bicyclic) bond motifs is 1. The minimum atomic E-state index is -1.38. The molecule has 0 amide bonds.